The number of hydrogen-bond donors (Lipinski definition) is 0. The molecule has 0 saturated carbocycles. The highest BCUT2D eigenvalue weighted by atomic mass is 16.6. The van der Waals surface area contributed by atoms with Crippen LogP contribution >= 0.6 is 0 Å². The van der Waals surface area contributed by atoms with Crippen molar-refractivity contribution in [2.45, 2.75) is 32.1 Å². The van der Waals surface area contributed by atoms with Crippen LogP contribution in [0.1, 0.15) is 42.4 Å². The van der Waals surface area contributed by atoms with Crippen LogP contribution in [-0.4, -0.2) is 49.4 Å². The second-order valence-corrected chi connectivity index (χ2v) is 8.03. The Kier molecular flexibility index (Phi) is 6.80. The molecule has 158 valence electrons. The third-order valence-corrected chi connectivity index (χ3v) is 6.04. The highest BCUT2D eigenvalue weighted by Gasteiger charge is 2.30. The molecule has 0 N–H and O–H groups in total. The number of oxime groups is 1. The number of esters is 1. The lowest BCUT2D eigenvalue weighted by Gasteiger charge is -2.30. The van der Waals surface area contributed by atoms with Crippen molar-refractivity contribution in [3.63, 3.8) is 0 Å². The Balaban J connectivity index is 1.38. The first kappa shape index (κ1) is 20.6. The van der Waals surface area contributed by atoms with Crippen LogP contribution in [0, 0.1) is 5.92 Å². The summed E-state index contributed by atoms with van der Waals surface area (Å²) in [5.74, 6) is 0.137. The van der Waals surface area contributed by atoms with Crippen molar-refractivity contribution in [1.29, 1.82) is 0 Å². The molecule has 0 spiro atoms. The Hall–Kier alpha value is -2.66. The number of benzene rings is 2. The third-order valence-electron chi connectivity index (χ3n) is 6.04. The molecule has 5 nitrogen and oxygen atoms in total. The Morgan fingerprint density at radius 2 is 1.93 bits per heavy atom. The maximum Gasteiger partial charge on any atom is 0.310 e. The molecule has 5 heteroatoms. The Morgan fingerprint density at radius 1 is 1.13 bits per heavy atom. The van der Waals surface area contributed by atoms with Gasteiger partial charge in [0.1, 0.15) is 6.61 Å². The first-order valence-corrected chi connectivity index (χ1v) is 11.0. The summed E-state index contributed by atoms with van der Waals surface area (Å²) in [6.45, 7) is 5.32. The van der Waals surface area contributed by atoms with Crippen molar-refractivity contribution in [1.82, 2.24) is 4.90 Å². The smallest absolute Gasteiger partial charge is 0.310 e. The third kappa shape index (κ3) is 4.73. The second-order valence-electron chi connectivity index (χ2n) is 8.03. The second kappa shape index (κ2) is 9.90. The van der Waals surface area contributed by atoms with Crippen molar-refractivity contribution in [2.75, 3.05) is 32.8 Å². The van der Waals surface area contributed by atoms with Crippen LogP contribution in [0.25, 0.3) is 0 Å². The SMILES string of the molecule is CCOC(=O)[C@@H]1CCCN(CCON=C2c3ccccc3CC2c2ccccc2)C1. The standard InChI is InChI=1S/C25H30N2O3/c1-2-29-25(28)21-12-8-14-27(18-21)15-16-30-26-24-22-13-7-6-11-20(22)17-23(24)19-9-4-3-5-10-19/h3-7,9-11,13,21,23H,2,8,12,14-18H2,1H3/t21-,23?/m1/s1. The summed E-state index contributed by atoms with van der Waals surface area (Å²) in [4.78, 5) is 20.1. The van der Waals surface area contributed by atoms with Crippen molar-refractivity contribution in [3.8, 4) is 0 Å². The first-order valence-electron chi connectivity index (χ1n) is 11.0. The summed E-state index contributed by atoms with van der Waals surface area (Å²) in [6, 6.07) is 19.0. The number of piperidine rings is 1. The Labute approximate surface area is 178 Å². The van der Waals surface area contributed by atoms with Gasteiger partial charge in [0.15, 0.2) is 0 Å². The van der Waals surface area contributed by atoms with Crippen molar-refractivity contribution in [2.24, 2.45) is 11.1 Å². The number of carbonyl (C=O) groups excluding carboxylic acids is 1. The van der Waals surface area contributed by atoms with Crippen LogP contribution in [0.5, 0.6) is 0 Å². The minimum absolute atomic E-state index is 0.0193. The molecule has 1 unspecified atom stereocenters. The van der Waals surface area contributed by atoms with Gasteiger partial charge in [-0.2, -0.15) is 0 Å². The zero-order valence-electron chi connectivity index (χ0n) is 17.6. The van der Waals surface area contributed by atoms with Crippen LogP contribution in [-0.2, 0) is 20.8 Å². The summed E-state index contributed by atoms with van der Waals surface area (Å²) in [5, 5.41) is 4.59. The molecule has 1 aliphatic carbocycles. The summed E-state index contributed by atoms with van der Waals surface area (Å²) >= 11 is 0. The lowest BCUT2D eigenvalue weighted by atomic mass is 9.95. The molecule has 1 aliphatic heterocycles. The molecule has 2 aromatic carbocycles. The number of hydrogen-bond acceptors (Lipinski definition) is 5. The molecule has 1 saturated heterocycles. The van der Waals surface area contributed by atoms with Gasteiger partial charge in [-0.25, -0.2) is 0 Å². The van der Waals surface area contributed by atoms with Crippen molar-refractivity contribution in [3.05, 3.63) is 71.3 Å². The van der Waals surface area contributed by atoms with Gasteiger partial charge in [-0.1, -0.05) is 59.8 Å². The number of rotatable bonds is 7. The fourth-order valence-corrected chi connectivity index (χ4v) is 4.52. The highest BCUT2D eigenvalue weighted by Crippen LogP contribution is 2.34. The van der Waals surface area contributed by atoms with Gasteiger partial charge in [0.25, 0.3) is 0 Å². The maximum absolute atomic E-state index is 12.0. The normalized spacial score (nSPS) is 22.6. The van der Waals surface area contributed by atoms with E-state index in [9.17, 15) is 4.79 Å². The van der Waals surface area contributed by atoms with Gasteiger partial charge in [0, 0.05) is 24.6 Å². The molecular formula is C25H30N2O3. The molecule has 0 amide bonds. The van der Waals surface area contributed by atoms with Crippen LogP contribution in [0.4, 0.5) is 0 Å². The molecule has 0 aromatic heterocycles. The molecule has 2 atom stereocenters. The molecule has 2 aromatic rings. The predicted molar refractivity (Wildman–Crippen MR) is 118 cm³/mol. The molecule has 1 fully saturated rings. The highest BCUT2D eigenvalue weighted by molar-refractivity contribution is 6.08. The zero-order valence-corrected chi connectivity index (χ0v) is 17.6. The molecule has 1 heterocycles. The maximum atomic E-state index is 12.0. The average Bonchev–Trinajstić information content (AvgIpc) is 3.16. The lowest BCUT2D eigenvalue weighted by molar-refractivity contribution is -0.150. The van der Waals surface area contributed by atoms with Gasteiger partial charge < -0.3 is 9.57 Å². The molecule has 0 radical (unpaired) electrons. The lowest BCUT2D eigenvalue weighted by Crippen LogP contribution is -2.40. The van der Waals surface area contributed by atoms with Gasteiger partial charge in [0.05, 0.1) is 18.2 Å². The average molecular weight is 407 g/mol. The van der Waals surface area contributed by atoms with Gasteiger partial charge >= 0.3 is 5.97 Å². The number of ether oxygens (including phenoxy) is 1. The van der Waals surface area contributed by atoms with E-state index in [1.54, 1.807) is 0 Å². The molecule has 0 bridgehead atoms. The van der Waals surface area contributed by atoms with Gasteiger partial charge in [-0.3, -0.25) is 9.69 Å². The van der Waals surface area contributed by atoms with E-state index in [2.05, 4.69) is 58.6 Å². The van der Waals surface area contributed by atoms with Gasteiger partial charge in [-0.05, 0) is 43.9 Å². The number of carbonyl (C=O) groups is 1. The Bertz CT molecular complexity index is 881. The van der Waals surface area contributed by atoms with E-state index >= 15 is 0 Å². The van der Waals surface area contributed by atoms with E-state index < -0.39 is 0 Å². The van der Waals surface area contributed by atoms with Gasteiger partial charge in [-0.15, -0.1) is 0 Å². The predicted octanol–water partition coefficient (Wildman–Crippen LogP) is 4.02. The Morgan fingerprint density at radius 3 is 2.77 bits per heavy atom. The van der Waals surface area contributed by atoms with E-state index in [-0.39, 0.29) is 17.8 Å². The zero-order chi connectivity index (χ0) is 20.8. The minimum Gasteiger partial charge on any atom is -0.466 e. The number of nitrogens with zero attached hydrogens (tertiary/aromatic N) is 2. The number of likely N-dealkylation sites (tertiary alicyclic amines) is 1. The van der Waals surface area contributed by atoms with Crippen LogP contribution in [0.2, 0.25) is 0 Å². The number of fused-ring (bicyclic) bond motifs is 1. The molecule has 4 rings (SSSR count). The largest absolute Gasteiger partial charge is 0.466 e. The van der Waals surface area contributed by atoms with E-state index in [4.69, 9.17) is 9.57 Å². The van der Waals surface area contributed by atoms with E-state index in [1.807, 2.05) is 13.0 Å². The van der Waals surface area contributed by atoms with Crippen LogP contribution in [0.15, 0.2) is 59.8 Å². The van der Waals surface area contributed by atoms with Crippen LogP contribution in [0.3, 0.4) is 0 Å². The first-order chi connectivity index (χ1) is 14.8. The molecule has 30 heavy (non-hydrogen) atoms. The fourth-order valence-electron chi connectivity index (χ4n) is 4.52. The summed E-state index contributed by atoms with van der Waals surface area (Å²) in [5.41, 5.74) is 4.79. The fraction of sp³-hybridized carbons (Fsp3) is 0.440. The van der Waals surface area contributed by atoms with Crippen LogP contribution < -0.4 is 0 Å². The van der Waals surface area contributed by atoms with Crippen molar-refractivity contribution >= 4 is 11.7 Å². The monoisotopic (exact) mass is 406 g/mol. The minimum atomic E-state index is -0.0726. The van der Waals surface area contributed by atoms with E-state index in [0.717, 1.165) is 44.6 Å². The molecule has 2 aliphatic rings. The summed E-state index contributed by atoms with van der Waals surface area (Å²) in [7, 11) is 0. The van der Waals surface area contributed by atoms with E-state index in [1.165, 1.54) is 16.7 Å². The quantitative estimate of drug-likeness (QED) is 0.396. The molecular weight excluding hydrogens is 376 g/mol. The van der Waals surface area contributed by atoms with Crippen molar-refractivity contribution < 1.29 is 14.4 Å². The summed E-state index contributed by atoms with van der Waals surface area (Å²) in [6.07, 6.45) is 2.88. The topological polar surface area (TPSA) is 51.1 Å². The van der Waals surface area contributed by atoms with Gasteiger partial charge in [0.2, 0.25) is 0 Å². The summed E-state index contributed by atoms with van der Waals surface area (Å²) < 4.78 is 5.19. The van der Waals surface area contributed by atoms with E-state index in [0.29, 0.717) is 13.2 Å².